The van der Waals surface area contributed by atoms with Gasteiger partial charge in [-0.05, 0) is 53.4 Å². The minimum Gasteiger partial charge on any atom is -0.438 e. The molecule has 5 rings (SSSR count). The van der Waals surface area contributed by atoms with Crippen molar-refractivity contribution in [3.63, 3.8) is 0 Å². The van der Waals surface area contributed by atoms with Gasteiger partial charge in [-0.25, -0.2) is 13.8 Å². The number of halogens is 3. The molecule has 0 unspecified atom stereocenters. The van der Waals surface area contributed by atoms with E-state index in [1.54, 1.807) is 48.7 Å². The largest absolute Gasteiger partial charge is 0.438 e. The average Bonchev–Trinajstić information content (AvgIpc) is 2.83. The Kier molecular flexibility index (Phi) is 5.77. The second-order valence-corrected chi connectivity index (χ2v) is 7.94. The number of hydrogen-bond donors (Lipinski definition) is 0. The molecule has 3 aromatic carbocycles. The molecule has 0 N–H and O–H groups in total. The van der Waals surface area contributed by atoms with Crippen molar-refractivity contribution in [2.24, 2.45) is 0 Å². The molecule has 2 aromatic heterocycles. The van der Waals surface area contributed by atoms with E-state index in [0.29, 0.717) is 38.7 Å². The van der Waals surface area contributed by atoms with E-state index in [0.717, 1.165) is 12.1 Å². The van der Waals surface area contributed by atoms with Crippen LogP contribution >= 0.6 is 11.6 Å². The number of rotatable bonds is 5. The molecule has 0 spiro atoms. The molecule has 34 heavy (non-hydrogen) atoms. The van der Waals surface area contributed by atoms with Crippen LogP contribution in [-0.4, -0.2) is 14.5 Å². The summed E-state index contributed by atoms with van der Waals surface area (Å²) >= 11 is 6.32. The molecule has 0 saturated heterocycles. The van der Waals surface area contributed by atoms with E-state index in [-0.39, 0.29) is 17.7 Å². The van der Waals surface area contributed by atoms with Crippen LogP contribution in [0.5, 0.6) is 11.6 Å². The molecule has 0 amide bonds. The van der Waals surface area contributed by atoms with E-state index in [2.05, 4.69) is 9.97 Å². The van der Waals surface area contributed by atoms with Crippen LogP contribution in [0.15, 0.2) is 90.1 Å². The third-order valence-electron chi connectivity index (χ3n) is 5.34. The van der Waals surface area contributed by atoms with Crippen molar-refractivity contribution in [2.45, 2.75) is 6.54 Å². The number of hydrogen-bond acceptors (Lipinski definition) is 4. The highest BCUT2D eigenvalue weighted by molar-refractivity contribution is 6.35. The van der Waals surface area contributed by atoms with E-state index < -0.39 is 11.6 Å². The van der Waals surface area contributed by atoms with Gasteiger partial charge in [0.2, 0.25) is 5.88 Å². The first-order valence-corrected chi connectivity index (χ1v) is 10.7. The Hall–Kier alpha value is -4.10. The number of nitrogens with zero attached hydrogens (tertiary/aromatic N) is 3. The maximum atomic E-state index is 14.4. The van der Waals surface area contributed by atoms with Crippen molar-refractivity contribution >= 4 is 22.4 Å². The number of aromatic nitrogens is 3. The van der Waals surface area contributed by atoms with Crippen LogP contribution in [0.1, 0.15) is 5.56 Å². The van der Waals surface area contributed by atoms with E-state index in [4.69, 9.17) is 16.3 Å². The molecule has 8 heteroatoms. The average molecular weight is 476 g/mol. The fraction of sp³-hybridized carbons (Fsp3) is 0.0385. The lowest BCUT2D eigenvalue weighted by atomic mass is 10.1. The molecule has 2 heterocycles. The molecular formula is C26H16ClF2N3O2. The first-order valence-electron chi connectivity index (χ1n) is 10.3. The summed E-state index contributed by atoms with van der Waals surface area (Å²) in [7, 11) is 0. The number of ether oxygens (including phenoxy) is 1. The summed E-state index contributed by atoms with van der Waals surface area (Å²) in [5.41, 5.74) is 1.06. The van der Waals surface area contributed by atoms with Crippen LogP contribution in [0.4, 0.5) is 8.78 Å². The molecule has 0 fully saturated rings. The van der Waals surface area contributed by atoms with Gasteiger partial charge in [-0.1, -0.05) is 29.8 Å². The van der Waals surface area contributed by atoms with Gasteiger partial charge < -0.3 is 9.30 Å². The van der Waals surface area contributed by atoms with E-state index >= 15 is 0 Å². The third kappa shape index (κ3) is 4.25. The van der Waals surface area contributed by atoms with Crippen molar-refractivity contribution in [1.82, 2.24) is 14.5 Å². The summed E-state index contributed by atoms with van der Waals surface area (Å²) in [6.45, 7) is -0.0979. The van der Waals surface area contributed by atoms with Gasteiger partial charge >= 0.3 is 0 Å². The van der Waals surface area contributed by atoms with Gasteiger partial charge in [0, 0.05) is 24.0 Å². The van der Waals surface area contributed by atoms with Crippen LogP contribution in [0.2, 0.25) is 5.02 Å². The van der Waals surface area contributed by atoms with Crippen molar-refractivity contribution in [2.75, 3.05) is 0 Å². The van der Waals surface area contributed by atoms with Crippen LogP contribution in [0.25, 0.3) is 22.0 Å². The molecule has 5 nitrogen and oxygen atoms in total. The minimum absolute atomic E-state index is 0.0979. The highest BCUT2D eigenvalue weighted by Crippen LogP contribution is 2.29. The molecule has 168 valence electrons. The quantitative estimate of drug-likeness (QED) is 0.302. The highest BCUT2D eigenvalue weighted by atomic mass is 35.5. The molecule has 0 atom stereocenters. The summed E-state index contributed by atoms with van der Waals surface area (Å²) in [5.74, 6) is -0.537. The number of pyridine rings is 1. The first-order chi connectivity index (χ1) is 16.5. The zero-order chi connectivity index (χ0) is 23.7. The Morgan fingerprint density at radius 1 is 0.971 bits per heavy atom. The molecule has 5 aromatic rings. The number of fused-ring (bicyclic) bond motifs is 1. The Morgan fingerprint density at radius 2 is 1.79 bits per heavy atom. The lowest BCUT2D eigenvalue weighted by Crippen LogP contribution is -2.23. The van der Waals surface area contributed by atoms with E-state index in [9.17, 15) is 13.6 Å². The summed E-state index contributed by atoms with van der Waals surface area (Å²) in [4.78, 5) is 21.5. The Labute approximate surface area is 197 Å². The van der Waals surface area contributed by atoms with Crippen molar-refractivity contribution in [3.8, 4) is 22.9 Å². The number of benzene rings is 3. The predicted molar refractivity (Wildman–Crippen MR) is 126 cm³/mol. The Bertz CT molecular complexity index is 1560. The molecule has 0 radical (unpaired) electrons. The normalized spacial score (nSPS) is 11.0. The van der Waals surface area contributed by atoms with Crippen molar-refractivity contribution in [1.29, 1.82) is 0 Å². The van der Waals surface area contributed by atoms with Crippen molar-refractivity contribution in [3.05, 3.63) is 118 Å². The second kappa shape index (κ2) is 9.03. The standard InChI is InChI=1S/C26H16ClF2N3O2/c27-21-3-1-2-17-12-23(16-5-8-20(9-6-16)34-24-14-30-10-11-31-24)32(26(33)25(17)21)15-18-4-7-19(28)13-22(18)29/h1-14H,15H2. The summed E-state index contributed by atoms with van der Waals surface area (Å²) in [6.07, 6.45) is 4.57. The van der Waals surface area contributed by atoms with Gasteiger partial charge in [-0.3, -0.25) is 9.78 Å². The minimum atomic E-state index is -0.732. The molecule has 0 saturated carbocycles. The smallest absolute Gasteiger partial charge is 0.260 e. The SMILES string of the molecule is O=c1c2c(Cl)cccc2cc(-c2ccc(Oc3cnccn3)cc2)n1Cc1ccc(F)cc1F. The Balaban J connectivity index is 1.62. The third-order valence-corrected chi connectivity index (χ3v) is 5.66. The fourth-order valence-electron chi connectivity index (χ4n) is 3.73. The predicted octanol–water partition coefficient (Wildman–Crippen LogP) is 6.23. The maximum absolute atomic E-state index is 14.4. The van der Waals surface area contributed by atoms with Crippen LogP contribution in [0.3, 0.4) is 0 Å². The lowest BCUT2D eigenvalue weighted by Gasteiger charge is -2.16. The van der Waals surface area contributed by atoms with Crippen LogP contribution in [-0.2, 0) is 6.54 Å². The molecule has 0 aliphatic heterocycles. The summed E-state index contributed by atoms with van der Waals surface area (Å²) in [6, 6.07) is 17.3. The van der Waals surface area contributed by atoms with Gasteiger partial charge in [0.1, 0.15) is 17.4 Å². The first kappa shape index (κ1) is 21.7. The fourth-order valence-corrected chi connectivity index (χ4v) is 3.99. The van der Waals surface area contributed by atoms with Gasteiger partial charge in [0.05, 0.1) is 28.8 Å². The highest BCUT2D eigenvalue weighted by Gasteiger charge is 2.16. The zero-order valence-corrected chi connectivity index (χ0v) is 18.3. The summed E-state index contributed by atoms with van der Waals surface area (Å²) < 4.78 is 35.0. The van der Waals surface area contributed by atoms with E-state index in [1.807, 2.05) is 6.07 Å². The topological polar surface area (TPSA) is 57.0 Å². The van der Waals surface area contributed by atoms with Gasteiger partial charge in [0.15, 0.2) is 0 Å². The molecule has 0 aliphatic carbocycles. The summed E-state index contributed by atoms with van der Waals surface area (Å²) in [5, 5.41) is 1.29. The van der Waals surface area contributed by atoms with Gasteiger partial charge in [-0.15, -0.1) is 0 Å². The second-order valence-electron chi connectivity index (χ2n) is 7.53. The van der Waals surface area contributed by atoms with Crippen LogP contribution in [0, 0.1) is 11.6 Å². The zero-order valence-electron chi connectivity index (χ0n) is 17.6. The van der Waals surface area contributed by atoms with Crippen LogP contribution < -0.4 is 10.3 Å². The van der Waals surface area contributed by atoms with Crippen molar-refractivity contribution < 1.29 is 13.5 Å². The lowest BCUT2D eigenvalue weighted by molar-refractivity contribution is 0.460. The molecule has 0 bridgehead atoms. The maximum Gasteiger partial charge on any atom is 0.260 e. The van der Waals surface area contributed by atoms with Gasteiger partial charge in [-0.2, -0.15) is 0 Å². The Morgan fingerprint density at radius 3 is 2.53 bits per heavy atom. The van der Waals surface area contributed by atoms with E-state index in [1.165, 1.54) is 23.0 Å². The van der Waals surface area contributed by atoms with Gasteiger partial charge in [0.25, 0.3) is 5.56 Å². The monoisotopic (exact) mass is 475 g/mol. The molecule has 0 aliphatic rings. The molecular weight excluding hydrogens is 460 g/mol.